The first-order valence-corrected chi connectivity index (χ1v) is 9.06. The molecule has 128 valence electrons. The molecule has 2 amide bonds. The quantitative estimate of drug-likeness (QED) is 0.768. The summed E-state index contributed by atoms with van der Waals surface area (Å²) in [6.45, 7) is 8.98. The summed E-state index contributed by atoms with van der Waals surface area (Å²) in [7, 11) is 0. The Kier molecular flexibility index (Phi) is 4.62. The van der Waals surface area contributed by atoms with E-state index in [1.54, 1.807) is 0 Å². The standard InChI is InChI=1S/C21H27NO2/c1-13(2)9-16-11-15-5-6-19(22-20(23)7-8-21(22)24)18(15)12-17(16)10-14(3)4/h7-8,11-14,19H,5-6,9-10H2,1-4H3/t19-/m0/s1. The van der Waals surface area contributed by atoms with Gasteiger partial charge in [0.2, 0.25) is 0 Å². The first-order valence-electron chi connectivity index (χ1n) is 9.06. The Hall–Kier alpha value is -1.90. The summed E-state index contributed by atoms with van der Waals surface area (Å²) in [5.41, 5.74) is 5.32. The van der Waals surface area contributed by atoms with Crippen LogP contribution in [0.1, 0.15) is 62.4 Å². The van der Waals surface area contributed by atoms with Crippen LogP contribution in [-0.4, -0.2) is 16.7 Å². The first-order chi connectivity index (χ1) is 11.4. The lowest BCUT2D eigenvalue weighted by atomic mass is 9.89. The largest absolute Gasteiger partial charge is 0.269 e. The Balaban J connectivity index is 1.98. The predicted octanol–water partition coefficient (Wildman–Crippen LogP) is 4.00. The summed E-state index contributed by atoms with van der Waals surface area (Å²) in [4.78, 5) is 25.6. The number of rotatable bonds is 5. The molecule has 0 N–H and O–H groups in total. The number of hydrogen-bond acceptors (Lipinski definition) is 2. The molecule has 1 atom stereocenters. The molecule has 1 aromatic rings. The van der Waals surface area contributed by atoms with Gasteiger partial charge in [0, 0.05) is 12.2 Å². The molecule has 3 rings (SSSR count). The lowest BCUT2D eigenvalue weighted by Gasteiger charge is -2.24. The second-order valence-electron chi connectivity index (χ2n) is 7.95. The van der Waals surface area contributed by atoms with Crippen molar-refractivity contribution in [1.82, 2.24) is 4.90 Å². The second-order valence-corrected chi connectivity index (χ2v) is 7.95. The van der Waals surface area contributed by atoms with Gasteiger partial charge in [-0.3, -0.25) is 14.5 Å². The van der Waals surface area contributed by atoms with Crippen LogP contribution in [0.3, 0.4) is 0 Å². The van der Waals surface area contributed by atoms with Gasteiger partial charge in [-0.05, 0) is 59.8 Å². The van der Waals surface area contributed by atoms with E-state index in [2.05, 4.69) is 39.8 Å². The fourth-order valence-corrected chi connectivity index (χ4v) is 3.98. The van der Waals surface area contributed by atoms with Gasteiger partial charge >= 0.3 is 0 Å². The Bertz CT molecular complexity index is 682. The topological polar surface area (TPSA) is 37.4 Å². The van der Waals surface area contributed by atoms with Crippen molar-refractivity contribution in [2.45, 2.75) is 59.4 Å². The van der Waals surface area contributed by atoms with Gasteiger partial charge in [0.05, 0.1) is 6.04 Å². The second kappa shape index (κ2) is 6.54. The molecule has 0 spiro atoms. The number of amides is 2. The molecule has 3 nitrogen and oxygen atoms in total. The molecule has 1 aromatic carbocycles. The van der Waals surface area contributed by atoms with Gasteiger partial charge < -0.3 is 0 Å². The maximum absolute atomic E-state index is 12.1. The monoisotopic (exact) mass is 325 g/mol. The number of carbonyl (C=O) groups is 2. The number of aryl methyl sites for hydroxylation is 1. The lowest BCUT2D eigenvalue weighted by molar-refractivity contribution is -0.139. The van der Waals surface area contributed by atoms with Crippen molar-refractivity contribution in [2.24, 2.45) is 11.8 Å². The average Bonchev–Trinajstić information content (AvgIpc) is 3.01. The van der Waals surface area contributed by atoms with Gasteiger partial charge in [-0.2, -0.15) is 0 Å². The normalized spacial score (nSPS) is 19.9. The summed E-state index contributed by atoms with van der Waals surface area (Å²) < 4.78 is 0. The van der Waals surface area contributed by atoms with E-state index in [9.17, 15) is 9.59 Å². The zero-order valence-corrected chi connectivity index (χ0v) is 15.1. The van der Waals surface area contributed by atoms with Crippen molar-refractivity contribution < 1.29 is 9.59 Å². The van der Waals surface area contributed by atoms with Crippen molar-refractivity contribution in [1.29, 1.82) is 0 Å². The third kappa shape index (κ3) is 3.17. The van der Waals surface area contributed by atoms with E-state index in [1.807, 2.05) is 0 Å². The van der Waals surface area contributed by atoms with Crippen LogP contribution in [0.25, 0.3) is 0 Å². The van der Waals surface area contributed by atoms with Gasteiger partial charge in [0.25, 0.3) is 11.8 Å². The Morgan fingerprint density at radius 3 is 2.04 bits per heavy atom. The molecule has 0 fully saturated rings. The summed E-state index contributed by atoms with van der Waals surface area (Å²) >= 11 is 0. The van der Waals surface area contributed by atoms with E-state index in [0.29, 0.717) is 11.8 Å². The third-order valence-electron chi connectivity index (χ3n) is 4.92. The summed E-state index contributed by atoms with van der Waals surface area (Å²) in [5.74, 6) is 0.867. The minimum Gasteiger partial charge on any atom is -0.269 e. The number of carbonyl (C=O) groups excluding carboxylic acids is 2. The molecule has 0 unspecified atom stereocenters. The average molecular weight is 325 g/mol. The van der Waals surface area contributed by atoms with Gasteiger partial charge in [-0.15, -0.1) is 0 Å². The number of hydrogen-bond donors (Lipinski definition) is 0. The van der Waals surface area contributed by atoms with Crippen LogP contribution in [0.4, 0.5) is 0 Å². The maximum Gasteiger partial charge on any atom is 0.254 e. The highest BCUT2D eigenvalue weighted by atomic mass is 16.2. The first kappa shape index (κ1) is 16.9. The number of imide groups is 1. The molecule has 1 heterocycles. The van der Waals surface area contributed by atoms with E-state index in [-0.39, 0.29) is 17.9 Å². The van der Waals surface area contributed by atoms with Crippen LogP contribution in [0.15, 0.2) is 24.3 Å². The smallest absolute Gasteiger partial charge is 0.254 e. The molecule has 3 heteroatoms. The molecule has 1 aliphatic heterocycles. The van der Waals surface area contributed by atoms with E-state index in [0.717, 1.165) is 25.7 Å². The van der Waals surface area contributed by atoms with Crippen LogP contribution < -0.4 is 0 Å². The Morgan fingerprint density at radius 2 is 1.50 bits per heavy atom. The highest BCUT2D eigenvalue weighted by molar-refractivity contribution is 6.13. The van der Waals surface area contributed by atoms with E-state index in [4.69, 9.17) is 0 Å². The molecule has 0 bridgehead atoms. The van der Waals surface area contributed by atoms with Crippen LogP contribution in [-0.2, 0) is 28.9 Å². The van der Waals surface area contributed by atoms with Crippen molar-refractivity contribution >= 4 is 11.8 Å². The summed E-state index contributed by atoms with van der Waals surface area (Å²) in [5, 5.41) is 0. The third-order valence-corrected chi connectivity index (χ3v) is 4.92. The fraction of sp³-hybridized carbons (Fsp3) is 0.524. The van der Waals surface area contributed by atoms with E-state index < -0.39 is 0 Å². The Labute approximate surface area is 144 Å². The minimum atomic E-state index is -0.172. The van der Waals surface area contributed by atoms with Gasteiger partial charge in [0.1, 0.15) is 0 Å². The van der Waals surface area contributed by atoms with Crippen LogP contribution >= 0.6 is 0 Å². The fourth-order valence-electron chi connectivity index (χ4n) is 3.98. The number of benzene rings is 1. The van der Waals surface area contributed by atoms with Crippen molar-refractivity contribution in [3.63, 3.8) is 0 Å². The van der Waals surface area contributed by atoms with E-state index >= 15 is 0 Å². The molecule has 0 saturated heterocycles. The van der Waals surface area contributed by atoms with Crippen LogP contribution in [0.5, 0.6) is 0 Å². The lowest BCUT2D eigenvalue weighted by Crippen LogP contribution is -2.33. The van der Waals surface area contributed by atoms with Crippen molar-refractivity contribution in [2.75, 3.05) is 0 Å². The number of fused-ring (bicyclic) bond motifs is 1. The van der Waals surface area contributed by atoms with Gasteiger partial charge in [0.15, 0.2) is 0 Å². The van der Waals surface area contributed by atoms with Crippen molar-refractivity contribution in [3.05, 3.63) is 46.5 Å². The molecule has 1 aliphatic carbocycles. The maximum atomic E-state index is 12.1. The highest BCUT2D eigenvalue weighted by Gasteiger charge is 2.36. The SMILES string of the molecule is CC(C)Cc1cc2c(cc1CC(C)C)[C@@H](N1C(=O)C=CC1=O)CC2. The van der Waals surface area contributed by atoms with E-state index in [1.165, 1.54) is 39.3 Å². The highest BCUT2D eigenvalue weighted by Crippen LogP contribution is 2.39. The summed E-state index contributed by atoms with van der Waals surface area (Å²) in [6.07, 6.45) is 6.71. The molecule has 0 aromatic heterocycles. The molecule has 2 aliphatic rings. The minimum absolute atomic E-state index is 0.0889. The Morgan fingerprint density at radius 1 is 0.958 bits per heavy atom. The molecule has 0 radical (unpaired) electrons. The van der Waals surface area contributed by atoms with Crippen LogP contribution in [0, 0.1) is 11.8 Å². The molecular formula is C21H27NO2. The van der Waals surface area contributed by atoms with Crippen molar-refractivity contribution in [3.8, 4) is 0 Å². The predicted molar refractivity (Wildman–Crippen MR) is 95.6 cm³/mol. The molecule has 24 heavy (non-hydrogen) atoms. The van der Waals surface area contributed by atoms with Crippen LogP contribution in [0.2, 0.25) is 0 Å². The van der Waals surface area contributed by atoms with Gasteiger partial charge in [-0.1, -0.05) is 39.8 Å². The zero-order valence-electron chi connectivity index (χ0n) is 15.1. The summed E-state index contributed by atoms with van der Waals surface area (Å²) in [6, 6.07) is 4.53. The number of nitrogens with zero attached hydrogens (tertiary/aromatic N) is 1. The molecule has 0 saturated carbocycles. The van der Waals surface area contributed by atoms with Gasteiger partial charge in [-0.25, -0.2) is 0 Å². The molecular weight excluding hydrogens is 298 g/mol. The zero-order chi connectivity index (χ0) is 17.4.